The molecule has 2 aromatic carbocycles. The molecule has 1 N–H and O–H groups in total. The number of methoxy groups -OCH3 is 2. The third-order valence-corrected chi connectivity index (χ3v) is 4.34. The predicted molar refractivity (Wildman–Crippen MR) is 98.6 cm³/mol. The minimum Gasteiger partial charge on any atom is -0.493 e. The van der Waals surface area contributed by atoms with Gasteiger partial charge in [0.25, 0.3) is 5.91 Å². The van der Waals surface area contributed by atoms with Crippen LogP contribution in [0.1, 0.15) is 30.5 Å². The molecule has 2 aromatic rings. The Labute approximate surface area is 152 Å². The molecule has 1 amide bonds. The van der Waals surface area contributed by atoms with Crippen molar-refractivity contribution in [3.05, 3.63) is 59.7 Å². The number of amides is 1. The minimum atomic E-state index is -0.635. The average molecular weight is 354 g/mol. The van der Waals surface area contributed by atoms with E-state index < -0.39 is 6.10 Å². The molecule has 0 aromatic heterocycles. The lowest BCUT2D eigenvalue weighted by molar-refractivity contribution is -0.131. The first-order valence-electron chi connectivity index (χ1n) is 8.42. The van der Waals surface area contributed by atoms with E-state index in [2.05, 4.69) is 10.5 Å². The maximum atomic E-state index is 12.5. The first-order chi connectivity index (χ1) is 12.6. The Balaban J connectivity index is 1.63. The van der Waals surface area contributed by atoms with E-state index in [1.807, 2.05) is 55.5 Å². The molecular formula is C20H22N2O4. The molecule has 0 saturated heterocycles. The molecule has 0 spiro atoms. The molecule has 0 saturated carbocycles. The molecular weight excluding hydrogens is 332 g/mol. The third-order valence-electron chi connectivity index (χ3n) is 4.34. The molecule has 6 nitrogen and oxygen atoms in total. The van der Waals surface area contributed by atoms with Crippen LogP contribution >= 0.6 is 0 Å². The number of nitrogens with zero attached hydrogens (tertiary/aromatic N) is 1. The van der Waals surface area contributed by atoms with Crippen molar-refractivity contribution < 1.29 is 19.1 Å². The van der Waals surface area contributed by atoms with Crippen LogP contribution < -0.4 is 14.8 Å². The summed E-state index contributed by atoms with van der Waals surface area (Å²) in [6.07, 6.45) is -0.229. The minimum absolute atomic E-state index is 0.0996. The quantitative estimate of drug-likeness (QED) is 0.866. The van der Waals surface area contributed by atoms with Crippen molar-refractivity contribution in [2.75, 3.05) is 14.2 Å². The zero-order valence-corrected chi connectivity index (χ0v) is 15.1. The standard InChI is InChI=1S/C20H22N2O4/c1-13(14-7-5-4-6-8-14)21-20(23)19-12-16(22-26-19)15-9-10-17(24-2)18(11-15)25-3/h4-11,13,19H,12H2,1-3H3,(H,21,23)/t13-,19-/m1/s1. The Bertz CT molecular complexity index is 805. The fraction of sp³-hybridized carbons (Fsp3) is 0.300. The van der Waals surface area contributed by atoms with Crippen LogP contribution in [0, 0.1) is 0 Å². The Hall–Kier alpha value is -3.02. The van der Waals surface area contributed by atoms with Gasteiger partial charge in [0.15, 0.2) is 11.5 Å². The number of hydrogen-bond donors (Lipinski definition) is 1. The van der Waals surface area contributed by atoms with Crippen LogP contribution in [0.25, 0.3) is 0 Å². The van der Waals surface area contributed by atoms with Crippen molar-refractivity contribution in [3.8, 4) is 11.5 Å². The van der Waals surface area contributed by atoms with Crippen LogP contribution in [0.2, 0.25) is 0 Å². The van der Waals surface area contributed by atoms with Gasteiger partial charge in [-0.3, -0.25) is 4.79 Å². The van der Waals surface area contributed by atoms with Crippen molar-refractivity contribution in [1.82, 2.24) is 5.32 Å². The highest BCUT2D eigenvalue weighted by atomic mass is 16.6. The van der Waals surface area contributed by atoms with E-state index in [1.54, 1.807) is 14.2 Å². The second-order valence-electron chi connectivity index (χ2n) is 6.05. The summed E-state index contributed by atoms with van der Waals surface area (Å²) in [7, 11) is 3.16. The molecule has 136 valence electrons. The maximum Gasteiger partial charge on any atom is 0.264 e. The molecule has 1 aliphatic rings. The van der Waals surface area contributed by atoms with Gasteiger partial charge in [0.1, 0.15) is 0 Å². The number of carbonyl (C=O) groups is 1. The average Bonchev–Trinajstić information content (AvgIpc) is 3.18. The Kier molecular flexibility index (Phi) is 5.41. The summed E-state index contributed by atoms with van der Waals surface area (Å²) in [6, 6.07) is 15.2. The molecule has 3 rings (SSSR count). The zero-order chi connectivity index (χ0) is 18.5. The van der Waals surface area contributed by atoms with Gasteiger partial charge in [0.2, 0.25) is 6.10 Å². The maximum absolute atomic E-state index is 12.5. The largest absolute Gasteiger partial charge is 0.493 e. The number of ether oxygens (including phenoxy) is 2. The molecule has 6 heteroatoms. The second kappa shape index (κ2) is 7.91. The molecule has 0 aliphatic carbocycles. The van der Waals surface area contributed by atoms with Crippen molar-refractivity contribution in [1.29, 1.82) is 0 Å². The number of hydrogen-bond acceptors (Lipinski definition) is 5. The van der Waals surface area contributed by atoms with E-state index >= 15 is 0 Å². The van der Waals surface area contributed by atoms with Gasteiger partial charge in [-0.1, -0.05) is 35.5 Å². The SMILES string of the molecule is COc1ccc(C2=NO[C@@H](C(=O)N[C@H](C)c3ccccc3)C2)cc1OC. The molecule has 0 radical (unpaired) electrons. The van der Waals surface area contributed by atoms with E-state index in [0.29, 0.717) is 23.6 Å². The monoisotopic (exact) mass is 354 g/mol. The van der Waals surface area contributed by atoms with Crippen LogP contribution in [-0.2, 0) is 9.63 Å². The van der Waals surface area contributed by atoms with Gasteiger partial charge in [0.05, 0.1) is 26.0 Å². The normalized spacial score (nSPS) is 17.0. The van der Waals surface area contributed by atoms with Gasteiger partial charge in [-0.25, -0.2) is 0 Å². The third kappa shape index (κ3) is 3.79. The van der Waals surface area contributed by atoms with Crippen LogP contribution in [0.4, 0.5) is 0 Å². The molecule has 1 aliphatic heterocycles. The summed E-state index contributed by atoms with van der Waals surface area (Å²) < 4.78 is 10.6. The van der Waals surface area contributed by atoms with Crippen LogP contribution in [0.5, 0.6) is 11.5 Å². The summed E-state index contributed by atoms with van der Waals surface area (Å²) in [6.45, 7) is 1.94. The van der Waals surface area contributed by atoms with Crippen LogP contribution in [0.3, 0.4) is 0 Å². The topological polar surface area (TPSA) is 69.2 Å². The summed E-state index contributed by atoms with van der Waals surface area (Å²) in [5, 5.41) is 7.05. The molecule has 1 heterocycles. The lowest BCUT2D eigenvalue weighted by Gasteiger charge is -2.16. The highest BCUT2D eigenvalue weighted by Gasteiger charge is 2.30. The van der Waals surface area contributed by atoms with Gasteiger partial charge < -0.3 is 19.6 Å². The van der Waals surface area contributed by atoms with Gasteiger partial charge >= 0.3 is 0 Å². The van der Waals surface area contributed by atoms with Crippen molar-refractivity contribution >= 4 is 11.6 Å². The molecule has 0 fully saturated rings. The Morgan fingerprint density at radius 1 is 1.15 bits per heavy atom. The van der Waals surface area contributed by atoms with E-state index in [-0.39, 0.29) is 11.9 Å². The second-order valence-corrected chi connectivity index (χ2v) is 6.05. The van der Waals surface area contributed by atoms with E-state index in [1.165, 1.54) is 0 Å². The molecule has 2 atom stereocenters. The number of rotatable bonds is 6. The van der Waals surface area contributed by atoms with Gasteiger partial charge in [-0.2, -0.15) is 0 Å². The fourth-order valence-electron chi connectivity index (χ4n) is 2.84. The number of oxime groups is 1. The number of benzene rings is 2. The van der Waals surface area contributed by atoms with Gasteiger partial charge in [-0.15, -0.1) is 0 Å². The van der Waals surface area contributed by atoms with Gasteiger partial charge in [-0.05, 0) is 30.7 Å². The first-order valence-corrected chi connectivity index (χ1v) is 8.42. The van der Waals surface area contributed by atoms with E-state index in [9.17, 15) is 4.79 Å². The Morgan fingerprint density at radius 3 is 2.58 bits per heavy atom. The van der Waals surface area contributed by atoms with E-state index in [0.717, 1.165) is 11.1 Å². The zero-order valence-electron chi connectivity index (χ0n) is 15.1. The lowest BCUT2D eigenvalue weighted by atomic mass is 10.0. The van der Waals surface area contributed by atoms with Crippen molar-refractivity contribution in [2.45, 2.75) is 25.5 Å². The van der Waals surface area contributed by atoms with Crippen molar-refractivity contribution in [3.63, 3.8) is 0 Å². The number of carbonyl (C=O) groups excluding carboxylic acids is 1. The molecule has 0 unspecified atom stereocenters. The predicted octanol–water partition coefficient (Wildman–Crippen LogP) is 3.07. The Morgan fingerprint density at radius 2 is 1.88 bits per heavy atom. The summed E-state index contributed by atoms with van der Waals surface area (Å²) >= 11 is 0. The summed E-state index contributed by atoms with van der Waals surface area (Å²) in [5.41, 5.74) is 2.59. The van der Waals surface area contributed by atoms with Crippen LogP contribution in [0.15, 0.2) is 53.7 Å². The molecule has 0 bridgehead atoms. The fourth-order valence-corrected chi connectivity index (χ4v) is 2.84. The summed E-state index contributed by atoms with van der Waals surface area (Å²) in [4.78, 5) is 17.8. The smallest absolute Gasteiger partial charge is 0.264 e. The van der Waals surface area contributed by atoms with E-state index in [4.69, 9.17) is 14.3 Å². The van der Waals surface area contributed by atoms with Crippen LogP contribution in [-0.4, -0.2) is 31.9 Å². The molecule has 26 heavy (non-hydrogen) atoms. The highest BCUT2D eigenvalue weighted by molar-refractivity contribution is 6.04. The first kappa shape index (κ1) is 17.8. The van der Waals surface area contributed by atoms with Gasteiger partial charge in [0, 0.05) is 12.0 Å². The highest BCUT2D eigenvalue weighted by Crippen LogP contribution is 2.29. The lowest BCUT2D eigenvalue weighted by Crippen LogP contribution is -2.36. The summed E-state index contributed by atoms with van der Waals surface area (Å²) in [5.74, 6) is 1.07. The van der Waals surface area contributed by atoms with Crippen molar-refractivity contribution in [2.24, 2.45) is 5.16 Å². The number of nitrogens with one attached hydrogen (secondary N) is 1.